The fourth-order valence-corrected chi connectivity index (χ4v) is 2.34. The largest absolute Gasteiger partial charge is 0.394 e. The summed E-state index contributed by atoms with van der Waals surface area (Å²) in [5.74, 6) is 0.0657. The number of nitrogens with zero attached hydrogens (tertiary/aromatic N) is 3. The number of halogens is 1. The Labute approximate surface area is 108 Å². The van der Waals surface area contributed by atoms with Crippen molar-refractivity contribution < 1.29 is 10.0 Å². The molecule has 0 spiro atoms. The number of nitrogens with one attached hydrogen (secondary N) is 1. The molecule has 0 amide bonds. The van der Waals surface area contributed by atoms with E-state index in [4.69, 9.17) is 11.6 Å². The zero-order valence-corrected chi connectivity index (χ0v) is 10.4. The van der Waals surface area contributed by atoms with Crippen molar-refractivity contribution in [1.29, 1.82) is 0 Å². The molecule has 1 saturated carbocycles. The van der Waals surface area contributed by atoms with Crippen LogP contribution in [0.2, 0.25) is 5.28 Å². The third-order valence-electron chi connectivity index (χ3n) is 3.18. The van der Waals surface area contributed by atoms with Crippen molar-refractivity contribution >= 4 is 23.1 Å². The van der Waals surface area contributed by atoms with Crippen molar-refractivity contribution in [3.63, 3.8) is 0 Å². The first kappa shape index (κ1) is 13.0. The first-order valence-electron chi connectivity index (χ1n) is 5.62. The van der Waals surface area contributed by atoms with Crippen LogP contribution in [-0.2, 0) is 0 Å². The number of aliphatic hydroxyl groups is 1. The van der Waals surface area contributed by atoms with E-state index in [1.165, 1.54) is 0 Å². The molecule has 0 unspecified atom stereocenters. The highest BCUT2D eigenvalue weighted by molar-refractivity contribution is 6.28. The zero-order valence-electron chi connectivity index (χ0n) is 9.60. The molecule has 0 aromatic carbocycles. The molecule has 0 bridgehead atoms. The lowest BCUT2D eigenvalue weighted by Gasteiger charge is -2.28. The lowest BCUT2D eigenvalue weighted by Crippen LogP contribution is -2.39. The topological polar surface area (TPSA) is 101 Å². The van der Waals surface area contributed by atoms with Gasteiger partial charge in [0.1, 0.15) is 6.20 Å². The van der Waals surface area contributed by atoms with E-state index in [1.807, 2.05) is 0 Å². The quantitative estimate of drug-likeness (QED) is 0.492. The molecule has 98 valence electrons. The van der Waals surface area contributed by atoms with Gasteiger partial charge in [0.25, 0.3) is 0 Å². The van der Waals surface area contributed by atoms with Crippen LogP contribution in [0.4, 0.5) is 11.5 Å². The SMILES string of the molecule is O=[N+]([O-])c1cnc(Cl)nc1NC1(CO)CCCC1. The molecule has 1 aromatic heterocycles. The Kier molecular flexibility index (Phi) is 3.63. The molecule has 0 aliphatic heterocycles. The average Bonchev–Trinajstić information content (AvgIpc) is 2.78. The zero-order chi connectivity index (χ0) is 13.2. The third kappa shape index (κ3) is 2.51. The summed E-state index contributed by atoms with van der Waals surface area (Å²) < 4.78 is 0. The summed E-state index contributed by atoms with van der Waals surface area (Å²) in [5, 5.41) is 23.3. The van der Waals surface area contributed by atoms with Crippen molar-refractivity contribution in [2.75, 3.05) is 11.9 Å². The van der Waals surface area contributed by atoms with Crippen LogP contribution in [0, 0.1) is 10.1 Å². The van der Waals surface area contributed by atoms with Crippen LogP contribution in [0.1, 0.15) is 25.7 Å². The molecule has 0 atom stereocenters. The number of aromatic nitrogens is 2. The summed E-state index contributed by atoms with van der Waals surface area (Å²) in [6, 6.07) is 0. The van der Waals surface area contributed by atoms with Crippen LogP contribution in [0.5, 0.6) is 0 Å². The average molecular weight is 273 g/mol. The first-order valence-corrected chi connectivity index (χ1v) is 6.00. The Morgan fingerprint density at radius 1 is 1.56 bits per heavy atom. The van der Waals surface area contributed by atoms with Crippen LogP contribution in [-0.4, -0.2) is 32.1 Å². The minimum atomic E-state index is -0.571. The van der Waals surface area contributed by atoms with Gasteiger partial charge in [-0.25, -0.2) is 4.98 Å². The predicted molar refractivity (Wildman–Crippen MR) is 65.6 cm³/mol. The molecular formula is C10H13ClN4O3. The second-order valence-corrected chi connectivity index (χ2v) is 4.74. The minimum Gasteiger partial charge on any atom is -0.394 e. The Morgan fingerprint density at radius 2 is 2.22 bits per heavy atom. The van der Waals surface area contributed by atoms with Crippen molar-refractivity contribution in [2.24, 2.45) is 0 Å². The van der Waals surface area contributed by atoms with Gasteiger partial charge in [-0.3, -0.25) is 10.1 Å². The monoisotopic (exact) mass is 272 g/mol. The molecule has 2 rings (SSSR count). The fraction of sp³-hybridized carbons (Fsp3) is 0.600. The highest BCUT2D eigenvalue weighted by Crippen LogP contribution is 2.34. The van der Waals surface area contributed by atoms with Gasteiger partial charge in [-0.1, -0.05) is 12.8 Å². The molecule has 1 heterocycles. The maximum Gasteiger partial charge on any atom is 0.329 e. The summed E-state index contributed by atoms with van der Waals surface area (Å²) in [4.78, 5) is 17.7. The molecular weight excluding hydrogens is 260 g/mol. The van der Waals surface area contributed by atoms with Gasteiger partial charge in [-0.05, 0) is 24.4 Å². The molecule has 2 N–H and O–H groups in total. The molecule has 1 aliphatic rings. The van der Waals surface area contributed by atoms with Gasteiger partial charge in [0, 0.05) is 0 Å². The lowest BCUT2D eigenvalue weighted by molar-refractivity contribution is -0.384. The number of anilines is 1. The predicted octanol–water partition coefficient (Wildman–Crippen LogP) is 1.76. The van der Waals surface area contributed by atoms with Crippen LogP contribution < -0.4 is 5.32 Å². The van der Waals surface area contributed by atoms with Crippen molar-refractivity contribution in [3.8, 4) is 0 Å². The van der Waals surface area contributed by atoms with Crippen molar-refractivity contribution in [2.45, 2.75) is 31.2 Å². The first-order chi connectivity index (χ1) is 8.56. The van der Waals surface area contributed by atoms with Crippen LogP contribution in [0.3, 0.4) is 0 Å². The Balaban J connectivity index is 2.32. The van der Waals surface area contributed by atoms with E-state index in [0.29, 0.717) is 0 Å². The van der Waals surface area contributed by atoms with E-state index in [1.54, 1.807) is 0 Å². The maximum atomic E-state index is 10.9. The van der Waals surface area contributed by atoms with E-state index < -0.39 is 10.5 Å². The molecule has 8 heteroatoms. The summed E-state index contributed by atoms with van der Waals surface area (Å²) in [6.07, 6.45) is 4.52. The summed E-state index contributed by atoms with van der Waals surface area (Å²) in [5.41, 5.74) is -0.776. The highest BCUT2D eigenvalue weighted by atomic mass is 35.5. The second-order valence-electron chi connectivity index (χ2n) is 4.40. The van der Waals surface area contributed by atoms with Gasteiger partial charge < -0.3 is 10.4 Å². The van der Waals surface area contributed by atoms with Crippen LogP contribution in [0.15, 0.2) is 6.20 Å². The normalized spacial score (nSPS) is 17.7. The molecule has 1 aromatic rings. The highest BCUT2D eigenvalue weighted by Gasteiger charge is 2.35. The summed E-state index contributed by atoms with van der Waals surface area (Å²) >= 11 is 5.65. The number of rotatable bonds is 4. The van der Waals surface area contributed by atoms with Gasteiger partial charge in [0.15, 0.2) is 0 Å². The molecule has 1 fully saturated rings. The molecule has 18 heavy (non-hydrogen) atoms. The Morgan fingerprint density at radius 3 is 2.78 bits per heavy atom. The van der Waals surface area contributed by atoms with Gasteiger partial charge in [0.2, 0.25) is 11.1 Å². The summed E-state index contributed by atoms with van der Waals surface area (Å²) in [6.45, 7) is -0.0915. The number of hydrogen-bond donors (Lipinski definition) is 2. The van der Waals surface area contributed by atoms with Gasteiger partial charge >= 0.3 is 5.69 Å². The van der Waals surface area contributed by atoms with E-state index in [2.05, 4.69) is 15.3 Å². The molecule has 0 radical (unpaired) electrons. The van der Waals surface area contributed by atoms with E-state index in [0.717, 1.165) is 31.9 Å². The van der Waals surface area contributed by atoms with E-state index in [-0.39, 0.29) is 23.4 Å². The third-order valence-corrected chi connectivity index (χ3v) is 3.37. The maximum absolute atomic E-state index is 10.9. The van der Waals surface area contributed by atoms with Crippen molar-refractivity contribution in [3.05, 3.63) is 21.6 Å². The summed E-state index contributed by atoms with van der Waals surface area (Å²) in [7, 11) is 0. The Bertz CT molecular complexity index is 462. The van der Waals surface area contributed by atoms with Crippen LogP contribution in [0.25, 0.3) is 0 Å². The number of hydrogen-bond acceptors (Lipinski definition) is 6. The van der Waals surface area contributed by atoms with E-state index in [9.17, 15) is 15.2 Å². The smallest absolute Gasteiger partial charge is 0.329 e. The van der Waals surface area contributed by atoms with Crippen molar-refractivity contribution in [1.82, 2.24) is 9.97 Å². The molecule has 1 aliphatic carbocycles. The van der Waals surface area contributed by atoms with Gasteiger partial charge in [-0.15, -0.1) is 0 Å². The minimum absolute atomic E-state index is 0.0609. The van der Waals surface area contributed by atoms with Gasteiger partial charge in [-0.2, -0.15) is 4.98 Å². The Hall–Kier alpha value is -1.47. The molecule has 7 nitrogen and oxygen atoms in total. The standard InChI is InChI=1S/C10H13ClN4O3/c11-9-12-5-7(15(17)18)8(13-9)14-10(6-16)3-1-2-4-10/h5,16H,1-4,6H2,(H,12,13,14). The lowest BCUT2D eigenvalue weighted by atomic mass is 9.99. The van der Waals surface area contributed by atoms with E-state index >= 15 is 0 Å². The second kappa shape index (κ2) is 5.03. The fourth-order valence-electron chi connectivity index (χ4n) is 2.21. The van der Waals surface area contributed by atoms with Gasteiger partial charge in [0.05, 0.1) is 17.1 Å². The molecule has 0 saturated heterocycles. The van der Waals surface area contributed by atoms with Crippen LogP contribution >= 0.6 is 11.6 Å². The number of nitro groups is 1. The number of aliphatic hydroxyl groups excluding tert-OH is 1.